The topological polar surface area (TPSA) is 59.1 Å². The van der Waals surface area contributed by atoms with Crippen LogP contribution in [0.5, 0.6) is 11.5 Å². The van der Waals surface area contributed by atoms with Gasteiger partial charge in [0.15, 0.2) is 0 Å². The third kappa shape index (κ3) is 6.25. The van der Waals surface area contributed by atoms with Crippen molar-refractivity contribution in [1.29, 1.82) is 0 Å². The molecule has 3 aromatic carbocycles. The molecule has 1 aliphatic rings. The molecule has 0 saturated carbocycles. The number of rotatable bonds is 4. The summed E-state index contributed by atoms with van der Waals surface area (Å²) in [4.78, 5) is 30.6. The first-order valence-electron chi connectivity index (χ1n) is 12.5. The third-order valence-corrected chi connectivity index (χ3v) is 6.62. The summed E-state index contributed by atoms with van der Waals surface area (Å²) < 4.78 is 11.7. The van der Waals surface area contributed by atoms with E-state index in [1.165, 1.54) is 0 Å². The Kier molecular flexibility index (Phi) is 8.61. The zero-order chi connectivity index (χ0) is 25.3. The van der Waals surface area contributed by atoms with Crippen molar-refractivity contribution in [3.63, 3.8) is 0 Å². The van der Waals surface area contributed by atoms with Crippen molar-refractivity contribution in [3.05, 3.63) is 95.6 Å². The van der Waals surface area contributed by atoms with Crippen LogP contribution in [-0.2, 0) is 6.42 Å². The first kappa shape index (κ1) is 25.3. The van der Waals surface area contributed by atoms with Crippen LogP contribution < -0.4 is 9.47 Å². The van der Waals surface area contributed by atoms with Gasteiger partial charge >= 0.3 is 0 Å². The fourth-order valence-electron chi connectivity index (χ4n) is 4.59. The maximum absolute atomic E-state index is 13.9. The lowest BCUT2D eigenvalue weighted by Crippen LogP contribution is -2.45. The van der Waals surface area contributed by atoms with Crippen LogP contribution >= 0.6 is 0 Å². The van der Waals surface area contributed by atoms with E-state index in [1.54, 1.807) is 24.1 Å². The molecule has 0 aliphatic carbocycles. The van der Waals surface area contributed by atoms with E-state index in [1.807, 2.05) is 66.5 Å². The highest BCUT2D eigenvalue weighted by atomic mass is 16.5. The number of hydrogen-bond donors (Lipinski definition) is 0. The second-order valence-corrected chi connectivity index (χ2v) is 9.17. The number of benzene rings is 3. The molecule has 0 radical (unpaired) electrons. The van der Waals surface area contributed by atoms with Crippen LogP contribution in [0.4, 0.5) is 0 Å². The van der Waals surface area contributed by atoms with Crippen molar-refractivity contribution in [3.8, 4) is 11.5 Å². The van der Waals surface area contributed by atoms with Gasteiger partial charge in [0.2, 0.25) is 0 Å². The predicted octanol–water partition coefficient (Wildman–Crippen LogP) is 5.08. The van der Waals surface area contributed by atoms with Gasteiger partial charge in [0.05, 0.1) is 18.7 Å². The minimum Gasteiger partial charge on any atom is -0.497 e. The summed E-state index contributed by atoms with van der Waals surface area (Å²) in [6.07, 6.45) is 3.28. The minimum atomic E-state index is -0.215. The molecule has 6 nitrogen and oxygen atoms in total. The van der Waals surface area contributed by atoms with Gasteiger partial charge in [-0.25, -0.2) is 0 Å². The Morgan fingerprint density at radius 1 is 0.944 bits per heavy atom. The second kappa shape index (κ2) is 12.2. The Morgan fingerprint density at radius 3 is 2.50 bits per heavy atom. The lowest BCUT2D eigenvalue weighted by atomic mass is 10.0. The molecule has 3 aromatic rings. The molecule has 0 unspecified atom stereocenters. The summed E-state index contributed by atoms with van der Waals surface area (Å²) in [7, 11) is 3.43. The SMILES string of the molecule is COc1cccc(C(=O)N2CCCCCN(C)C(=O)c3ccccc3OC[C@H]2Cc2ccccc2)c1. The lowest BCUT2D eigenvalue weighted by molar-refractivity contribution is 0.0605. The van der Waals surface area contributed by atoms with E-state index < -0.39 is 0 Å². The molecule has 2 amide bonds. The van der Waals surface area contributed by atoms with E-state index in [0.717, 1.165) is 24.8 Å². The normalized spacial score (nSPS) is 17.2. The van der Waals surface area contributed by atoms with E-state index in [9.17, 15) is 9.59 Å². The van der Waals surface area contributed by atoms with Crippen LogP contribution in [0.15, 0.2) is 78.9 Å². The van der Waals surface area contributed by atoms with Crippen LogP contribution in [0, 0.1) is 0 Å². The largest absolute Gasteiger partial charge is 0.497 e. The maximum Gasteiger partial charge on any atom is 0.257 e. The highest BCUT2D eigenvalue weighted by molar-refractivity contribution is 5.97. The Hall–Kier alpha value is -3.80. The fourth-order valence-corrected chi connectivity index (χ4v) is 4.59. The molecule has 1 atom stereocenters. The predicted molar refractivity (Wildman–Crippen MR) is 141 cm³/mol. The summed E-state index contributed by atoms with van der Waals surface area (Å²) in [6.45, 7) is 1.54. The first-order chi connectivity index (χ1) is 17.6. The molecular formula is C30H34N2O4. The molecule has 1 heterocycles. The van der Waals surface area contributed by atoms with E-state index in [4.69, 9.17) is 9.47 Å². The summed E-state index contributed by atoms with van der Waals surface area (Å²) >= 11 is 0. The number of hydrogen-bond acceptors (Lipinski definition) is 4. The smallest absolute Gasteiger partial charge is 0.257 e. The number of ether oxygens (including phenoxy) is 2. The average Bonchev–Trinajstić information content (AvgIpc) is 2.93. The van der Waals surface area contributed by atoms with E-state index >= 15 is 0 Å². The summed E-state index contributed by atoms with van der Waals surface area (Å²) in [5.41, 5.74) is 2.26. The van der Waals surface area contributed by atoms with E-state index in [-0.39, 0.29) is 24.5 Å². The second-order valence-electron chi connectivity index (χ2n) is 9.17. The molecule has 0 saturated heterocycles. The number of carbonyl (C=O) groups excluding carboxylic acids is 2. The molecule has 188 valence electrons. The average molecular weight is 487 g/mol. The van der Waals surface area contributed by atoms with Gasteiger partial charge in [0.25, 0.3) is 11.8 Å². The number of fused-ring (bicyclic) bond motifs is 1. The van der Waals surface area contributed by atoms with Gasteiger partial charge in [-0.1, -0.05) is 48.5 Å². The molecule has 0 N–H and O–H groups in total. The van der Waals surface area contributed by atoms with Crippen LogP contribution in [0.25, 0.3) is 0 Å². The van der Waals surface area contributed by atoms with Crippen LogP contribution in [0.1, 0.15) is 45.5 Å². The lowest BCUT2D eigenvalue weighted by Gasteiger charge is -2.32. The first-order valence-corrected chi connectivity index (χ1v) is 12.5. The number of carbonyl (C=O) groups is 2. The van der Waals surface area contributed by atoms with Crippen LogP contribution in [0.2, 0.25) is 0 Å². The van der Waals surface area contributed by atoms with Gasteiger partial charge in [-0.15, -0.1) is 0 Å². The number of amides is 2. The van der Waals surface area contributed by atoms with Crippen molar-refractivity contribution < 1.29 is 19.1 Å². The highest BCUT2D eigenvalue weighted by Gasteiger charge is 2.27. The minimum absolute atomic E-state index is 0.0465. The van der Waals surface area contributed by atoms with Gasteiger partial charge < -0.3 is 19.3 Å². The summed E-state index contributed by atoms with van der Waals surface area (Å²) in [6, 6.07) is 24.6. The molecule has 6 heteroatoms. The van der Waals surface area contributed by atoms with Crippen molar-refractivity contribution in [1.82, 2.24) is 9.80 Å². The maximum atomic E-state index is 13.9. The molecule has 1 aliphatic heterocycles. The van der Waals surface area contributed by atoms with E-state index in [2.05, 4.69) is 12.1 Å². The molecule has 36 heavy (non-hydrogen) atoms. The van der Waals surface area contributed by atoms with Gasteiger partial charge in [0.1, 0.15) is 18.1 Å². The number of methoxy groups -OCH3 is 1. The Bertz CT molecular complexity index is 1160. The van der Waals surface area contributed by atoms with Gasteiger partial charge in [0, 0.05) is 25.7 Å². The van der Waals surface area contributed by atoms with Crippen LogP contribution in [-0.4, -0.2) is 61.5 Å². The van der Waals surface area contributed by atoms with Crippen molar-refractivity contribution in [2.24, 2.45) is 0 Å². The van der Waals surface area contributed by atoms with Crippen LogP contribution in [0.3, 0.4) is 0 Å². The zero-order valence-corrected chi connectivity index (χ0v) is 21.1. The summed E-state index contributed by atoms with van der Waals surface area (Å²) in [5.74, 6) is 1.10. The Morgan fingerprint density at radius 2 is 1.69 bits per heavy atom. The van der Waals surface area contributed by atoms with Gasteiger partial charge in [-0.3, -0.25) is 9.59 Å². The Labute approximate surface area is 213 Å². The summed E-state index contributed by atoms with van der Waals surface area (Å²) in [5, 5.41) is 0. The molecule has 4 rings (SSSR count). The molecule has 0 bridgehead atoms. The third-order valence-electron chi connectivity index (χ3n) is 6.62. The van der Waals surface area contributed by atoms with E-state index in [0.29, 0.717) is 42.1 Å². The molecular weight excluding hydrogens is 452 g/mol. The highest BCUT2D eigenvalue weighted by Crippen LogP contribution is 2.24. The zero-order valence-electron chi connectivity index (χ0n) is 21.1. The fraction of sp³-hybridized carbons (Fsp3) is 0.333. The number of nitrogens with zero attached hydrogens (tertiary/aromatic N) is 2. The molecule has 0 fully saturated rings. The quantitative estimate of drug-likeness (QED) is 0.516. The molecule has 0 spiro atoms. The van der Waals surface area contributed by atoms with Crippen molar-refractivity contribution in [2.45, 2.75) is 31.7 Å². The van der Waals surface area contributed by atoms with Gasteiger partial charge in [-0.2, -0.15) is 0 Å². The van der Waals surface area contributed by atoms with Crippen molar-refractivity contribution in [2.75, 3.05) is 33.9 Å². The standard InChI is InChI=1S/C30H34N2O4/c1-31-18-9-4-10-19-32(29(33)24-14-11-15-26(21-24)35-2)25(20-23-12-5-3-6-13-23)22-36-28-17-8-7-16-27(28)30(31)34/h3,5-8,11-17,21,25H,4,9-10,18-20,22H2,1-2H3/t25-/m1/s1. The number of para-hydroxylation sites is 1. The molecule has 0 aromatic heterocycles. The Balaban J connectivity index is 1.69. The van der Waals surface area contributed by atoms with Crippen molar-refractivity contribution >= 4 is 11.8 Å². The monoisotopic (exact) mass is 486 g/mol. The van der Waals surface area contributed by atoms with Gasteiger partial charge in [-0.05, 0) is 61.6 Å².